The lowest BCUT2D eigenvalue weighted by atomic mass is 10.1. The Labute approximate surface area is 166 Å². The first-order valence-electron chi connectivity index (χ1n) is 10.7. The maximum atomic E-state index is 4.80. The van der Waals surface area contributed by atoms with Crippen molar-refractivity contribution in [3.63, 3.8) is 0 Å². The van der Waals surface area contributed by atoms with Gasteiger partial charge in [0.15, 0.2) is 5.96 Å². The summed E-state index contributed by atoms with van der Waals surface area (Å²) in [6, 6.07) is 9.39. The second kappa shape index (κ2) is 11.9. The molecule has 1 aromatic rings. The molecule has 1 saturated heterocycles. The quantitative estimate of drug-likeness (QED) is 0.397. The van der Waals surface area contributed by atoms with Gasteiger partial charge in [-0.05, 0) is 63.3 Å². The number of hydrogen-bond donors (Lipinski definition) is 2. The van der Waals surface area contributed by atoms with Gasteiger partial charge in [0.25, 0.3) is 0 Å². The molecule has 0 saturated carbocycles. The van der Waals surface area contributed by atoms with Gasteiger partial charge >= 0.3 is 0 Å². The Morgan fingerprint density at radius 2 is 1.85 bits per heavy atom. The molecule has 0 spiro atoms. The molecule has 0 radical (unpaired) electrons. The molecule has 1 aromatic carbocycles. The Kier molecular flexibility index (Phi) is 9.46. The van der Waals surface area contributed by atoms with Crippen LogP contribution in [0, 0.1) is 0 Å². The summed E-state index contributed by atoms with van der Waals surface area (Å²) in [5, 5.41) is 7.05. The van der Waals surface area contributed by atoms with Gasteiger partial charge in [0.2, 0.25) is 0 Å². The second-order valence-electron chi connectivity index (χ2n) is 7.69. The van der Waals surface area contributed by atoms with Crippen molar-refractivity contribution < 1.29 is 0 Å². The summed E-state index contributed by atoms with van der Waals surface area (Å²) in [6.07, 6.45) is 5.82. The maximum Gasteiger partial charge on any atom is 0.191 e. The normalized spacial score (nSPS) is 16.4. The van der Waals surface area contributed by atoms with Gasteiger partial charge in [-0.25, -0.2) is 0 Å². The fraction of sp³-hybridized carbons (Fsp3) is 0.682. The van der Waals surface area contributed by atoms with Crippen molar-refractivity contribution >= 4 is 11.6 Å². The van der Waals surface area contributed by atoms with Crippen molar-refractivity contribution in [3.05, 3.63) is 29.8 Å². The molecule has 2 rings (SSSR count). The summed E-state index contributed by atoms with van der Waals surface area (Å²) in [4.78, 5) is 9.50. The van der Waals surface area contributed by atoms with Gasteiger partial charge in [-0.1, -0.05) is 19.1 Å². The van der Waals surface area contributed by atoms with Crippen molar-refractivity contribution in [2.24, 2.45) is 4.99 Å². The van der Waals surface area contributed by atoms with Crippen LogP contribution >= 0.6 is 0 Å². The molecule has 5 nitrogen and oxygen atoms in total. The third-order valence-electron chi connectivity index (χ3n) is 5.16. The van der Waals surface area contributed by atoms with Gasteiger partial charge in [0.05, 0.1) is 0 Å². The highest BCUT2D eigenvalue weighted by Gasteiger charge is 2.19. The first-order chi connectivity index (χ1) is 13.1. The number of nitrogens with one attached hydrogen (secondary N) is 2. The first-order valence-corrected chi connectivity index (χ1v) is 10.7. The van der Waals surface area contributed by atoms with Gasteiger partial charge in [-0.15, -0.1) is 0 Å². The van der Waals surface area contributed by atoms with Crippen LogP contribution in [0.25, 0.3) is 0 Å². The van der Waals surface area contributed by atoms with Crippen LogP contribution in [0.2, 0.25) is 0 Å². The molecule has 27 heavy (non-hydrogen) atoms. The molecular weight excluding hydrogens is 334 g/mol. The highest BCUT2D eigenvalue weighted by molar-refractivity contribution is 5.80. The minimum absolute atomic E-state index is 0.550. The van der Waals surface area contributed by atoms with E-state index in [1.807, 2.05) is 0 Å². The van der Waals surface area contributed by atoms with Crippen LogP contribution < -0.4 is 15.5 Å². The molecular formula is C22H39N5. The average Bonchev–Trinajstić information content (AvgIpc) is 2.67. The summed E-state index contributed by atoms with van der Waals surface area (Å²) < 4.78 is 0. The summed E-state index contributed by atoms with van der Waals surface area (Å²) in [7, 11) is 4.15. The summed E-state index contributed by atoms with van der Waals surface area (Å²) in [5.74, 6) is 0.981. The zero-order chi connectivity index (χ0) is 19.5. The Balaban J connectivity index is 1.74. The van der Waals surface area contributed by atoms with E-state index < -0.39 is 0 Å². The van der Waals surface area contributed by atoms with Crippen LogP contribution in [0.15, 0.2) is 29.3 Å². The zero-order valence-electron chi connectivity index (χ0n) is 17.8. The number of benzene rings is 1. The number of aryl methyl sites for hydroxylation is 1. The number of aliphatic imine (C=N–C) groups is 1. The topological polar surface area (TPSA) is 42.9 Å². The minimum Gasteiger partial charge on any atom is -0.378 e. The second-order valence-corrected chi connectivity index (χ2v) is 7.69. The first kappa shape index (κ1) is 21.5. The van der Waals surface area contributed by atoms with Gasteiger partial charge in [0.1, 0.15) is 0 Å². The van der Waals surface area contributed by atoms with E-state index in [1.165, 1.54) is 50.1 Å². The average molecular weight is 374 g/mol. The number of piperidine rings is 1. The molecule has 1 aliphatic heterocycles. The molecule has 1 fully saturated rings. The Bertz CT molecular complexity index is 544. The predicted octanol–water partition coefficient (Wildman–Crippen LogP) is 3.11. The van der Waals surface area contributed by atoms with Gasteiger partial charge in [-0.3, -0.25) is 4.99 Å². The van der Waals surface area contributed by atoms with Crippen molar-refractivity contribution in [3.8, 4) is 0 Å². The lowest BCUT2D eigenvalue weighted by Crippen LogP contribution is -2.48. The minimum atomic E-state index is 0.550. The molecule has 0 amide bonds. The molecule has 5 heteroatoms. The van der Waals surface area contributed by atoms with Crippen molar-refractivity contribution in [1.29, 1.82) is 0 Å². The smallest absolute Gasteiger partial charge is 0.191 e. The standard InChI is InChI=1S/C22H39N5/c1-5-16-27-17-13-20(14-18-27)25-22(23-6-2)24-15-7-8-19-9-11-21(12-10-19)26(3)4/h9-12,20H,5-8,13-18H2,1-4H3,(H2,23,24,25). The summed E-state index contributed by atoms with van der Waals surface area (Å²) in [6.45, 7) is 9.80. The van der Waals surface area contributed by atoms with Crippen LogP contribution in [-0.2, 0) is 6.42 Å². The van der Waals surface area contributed by atoms with Gasteiger partial charge in [0, 0.05) is 52.0 Å². The molecule has 0 atom stereocenters. The highest BCUT2D eigenvalue weighted by Crippen LogP contribution is 2.13. The van der Waals surface area contributed by atoms with Gasteiger partial charge in [-0.2, -0.15) is 0 Å². The number of anilines is 1. The van der Waals surface area contributed by atoms with Crippen LogP contribution in [0.3, 0.4) is 0 Å². The lowest BCUT2D eigenvalue weighted by molar-refractivity contribution is 0.206. The van der Waals surface area contributed by atoms with Crippen LogP contribution in [0.1, 0.15) is 45.1 Å². The Morgan fingerprint density at radius 1 is 1.15 bits per heavy atom. The van der Waals surface area contributed by atoms with E-state index in [1.54, 1.807) is 0 Å². The van der Waals surface area contributed by atoms with E-state index in [0.717, 1.165) is 31.9 Å². The van der Waals surface area contributed by atoms with Crippen molar-refractivity contribution in [1.82, 2.24) is 15.5 Å². The summed E-state index contributed by atoms with van der Waals surface area (Å²) >= 11 is 0. The fourth-order valence-electron chi connectivity index (χ4n) is 3.57. The van der Waals surface area contributed by atoms with E-state index in [2.05, 4.69) is 72.6 Å². The maximum absolute atomic E-state index is 4.80. The summed E-state index contributed by atoms with van der Waals surface area (Å²) in [5.41, 5.74) is 2.64. The highest BCUT2D eigenvalue weighted by atomic mass is 15.2. The van der Waals surface area contributed by atoms with E-state index >= 15 is 0 Å². The van der Waals surface area contributed by atoms with E-state index in [0.29, 0.717) is 6.04 Å². The third-order valence-corrected chi connectivity index (χ3v) is 5.16. The predicted molar refractivity (Wildman–Crippen MR) is 118 cm³/mol. The number of hydrogen-bond acceptors (Lipinski definition) is 3. The van der Waals surface area contributed by atoms with Crippen LogP contribution in [0.4, 0.5) is 5.69 Å². The van der Waals surface area contributed by atoms with Crippen LogP contribution in [-0.4, -0.2) is 63.7 Å². The van der Waals surface area contributed by atoms with Crippen LogP contribution in [0.5, 0.6) is 0 Å². The van der Waals surface area contributed by atoms with E-state index in [4.69, 9.17) is 4.99 Å². The molecule has 152 valence electrons. The number of likely N-dealkylation sites (tertiary alicyclic amines) is 1. The molecule has 0 aliphatic carbocycles. The molecule has 1 heterocycles. The Hall–Kier alpha value is -1.75. The molecule has 0 unspecified atom stereocenters. The molecule has 0 bridgehead atoms. The van der Waals surface area contributed by atoms with E-state index in [9.17, 15) is 0 Å². The number of nitrogens with zero attached hydrogens (tertiary/aromatic N) is 3. The molecule has 2 N–H and O–H groups in total. The fourth-order valence-corrected chi connectivity index (χ4v) is 3.57. The van der Waals surface area contributed by atoms with Crippen molar-refractivity contribution in [2.45, 2.75) is 52.0 Å². The van der Waals surface area contributed by atoms with Crippen molar-refractivity contribution in [2.75, 3.05) is 51.7 Å². The molecule has 0 aromatic heterocycles. The SMILES string of the molecule is CCCN1CCC(NC(=NCCCc2ccc(N(C)C)cc2)NCC)CC1. The number of rotatable bonds is 9. The molecule has 1 aliphatic rings. The van der Waals surface area contributed by atoms with E-state index in [-0.39, 0.29) is 0 Å². The lowest BCUT2D eigenvalue weighted by Gasteiger charge is -2.32. The zero-order valence-corrected chi connectivity index (χ0v) is 17.8. The monoisotopic (exact) mass is 373 g/mol. The number of guanidine groups is 1. The van der Waals surface area contributed by atoms with Gasteiger partial charge < -0.3 is 20.4 Å². The Morgan fingerprint density at radius 3 is 2.44 bits per heavy atom. The largest absolute Gasteiger partial charge is 0.378 e. The third kappa shape index (κ3) is 7.79.